The van der Waals surface area contributed by atoms with Crippen molar-refractivity contribution in [2.24, 2.45) is 0 Å². The van der Waals surface area contributed by atoms with Gasteiger partial charge in [0.15, 0.2) is 0 Å². The highest BCUT2D eigenvalue weighted by Gasteiger charge is 2.27. The van der Waals surface area contributed by atoms with Crippen LogP contribution in [-0.4, -0.2) is 16.7 Å². The van der Waals surface area contributed by atoms with E-state index in [1.54, 1.807) is 0 Å². The van der Waals surface area contributed by atoms with Crippen LogP contribution in [0.5, 0.6) is 0 Å². The van der Waals surface area contributed by atoms with E-state index >= 15 is 0 Å². The summed E-state index contributed by atoms with van der Waals surface area (Å²) in [6.45, 7) is 0. The van der Waals surface area contributed by atoms with Crippen LogP contribution >= 0.6 is 0 Å². The SMILES string of the molecule is O=C1CCCCCCCCCCCCCCC1[N+](=O)[O-].[NH4+]. The van der Waals surface area contributed by atoms with Gasteiger partial charge in [-0.3, -0.25) is 14.9 Å². The molecular weight excluding hydrogens is 268 g/mol. The van der Waals surface area contributed by atoms with Gasteiger partial charge in [0.05, 0.1) is 0 Å². The van der Waals surface area contributed by atoms with E-state index in [-0.39, 0.29) is 16.9 Å². The molecule has 0 aliphatic heterocycles. The molecule has 0 bridgehead atoms. The van der Waals surface area contributed by atoms with Crippen molar-refractivity contribution < 1.29 is 9.72 Å². The summed E-state index contributed by atoms with van der Waals surface area (Å²) in [6.07, 6.45) is 14.6. The first kappa shape index (κ1) is 20.0. The van der Waals surface area contributed by atoms with E-state index in [0.29, 0.717) is 12.8 Å². The number of nitrogens with zero attached hydrogens (tertiary/aromatic N) is 1. The Bertz CT molecular complexity index is 295. The zero-order chi connectivity index (χ0) is 14.6. The van der Waals surface area contributed by atoms with Gasteiger partial charge < -0.3 is 6.15 Å². The molecule has 0 aromatic carbocycles. The number of ketones is 1. The molecule has 0 aromatic rings. The van der Waals surface area contributed by atoms with Crippen LogP contribution in [0.4, 0.5) is 0 Å². The zero-order valence-corrected chi connectivity index (χ0v) is 13.6. The minimum atomic E-state index is -0.942. The maximum Gasteiger partial charge on any atom is 0.270 e. The Morgan fingerprint density at radius 1 is 0.762 bits per heavy atom. The first-order valence-corrected chi connectivity index (χ1v) is 8.38. The summed E-state index contributed by atoms with van der Waals surface area (Å²) < 4.78 is 0. The molecule has 124 valence electrons. The molecule has 0 saturated heterocycles. The van der Waals surface area contributed by atoms with Gasteiger partial charge in [-0.1, -0.05) is 64.2 Å². The summed E-state index contributed by atoms with van der Waals surface area (Å²) in [5.41, 5.74) is 0. The molecule has 1 unspecified atom stereocenters. The maximum absolute atomic E-state index is 11.9. The third-order valence-electron chi connectivity index (χ3n) is 4.28. The van der Waals surface area contributed by atoms with Gasteiger partial charge in [0.2, 0.25) is 5.78 Å². The quantitative estimate of drug-likeness (QED) is 0.542. The number of nitro groups is 1. The van der Waals surface area contributed by atoms with Gasteiger partial charge in [-0.25, -0.2) is 0 Å². The fraction of sp³-hybridized carbons (Fsp3) is 0.938. The second-order valence-electron chi connectivity index (χ2n) is 6.05. The van der Waals surface area contributed by atoms with Crippen LogP contribution in [0.25, 0.3) is 0 Å². The van der Waals surface area contributed by atoms with Gasteiger partial charge in [-0.15, -0.1) is 0 Å². The molecule has 0 heterocycles. The van der Waals surface area contributed by atoms with Crippen LogP contribution in [0.3, 0.4) is 0 Å². The molecular formula is C16H33N2O3+. The van der Waals surface area contributed by atoms with Crippen LogP contribution in [0.2, 0.25) is 0 Å². The van der Waals surface area contributed by atoms with Crippen molar-refractivity contribution in [1.82, 2.24) is 6.15 Å². The lowest BCUT2D eigenvalue weighted by Crippen LogP contribution is -2.29. The van der Waals surface area contributed by atoms with Crippen LogP contribution < -0.4 is 6.15 Å². The second kappa shape index (κ2) is 12.7. The van der Waals surface area contributed by atoms with E-state index in [1.165, 1.54) is 38.5 Å². The lowest BCUT2D eigenvalue weighted by molar-refractivity contribution is -0.508. The monoisotopic (exact) mass is 301 g/mol. The molecule has 5 nitrogen and oxygen atoms in total. The Morgan fingerprint density at radius 3 is 1.57 bits per heavy atom. The molecule has 1 rings (SSSR count). The average Bonchev–Trinajstić information content (AvgIpc) is 2.41. The Morgan fingerprint density at radius 2 is 1.14 bits per heavy atom. The molecule has 1 saturated carbocycles. The summed E-state index contributed by atoms with van der Waals surface area (Å²) in [6, 6.07) is -0.942. The largest absolute Gasteiger partial charge is 0.369 e. The molecule has 0 amide bonds. The van der Waals surface area contributed by atoms with Crippen LogP contribution in [0.1, 0.15) is 89.9 Å². The molecule has 4 N–H and O–H groups in total. The van der Waals surface area contributed by atoms with Gasteiger partial charge in [0.25, 0.3) is 6.04 Å². The summed E-state index contributed by atoms with van der Waals surface area (Å²) in [5, 5.41) is 11.0. The van der Waals surface area contributed by atoms with E-state index in [9.17, 15) is 14.9 Å². The van der Waals surface area contributed by atoms with Gasteiger partial charge in [-0.05, 0) is 12.8 Å². The second-order valence-corrected chi connectivity index (χ2v) is 6.05. The number of Topliss-reactive ketones (excluding diaryl/α,β-unsaturated/α-hetero) is 1. The topological polar surface area (TPSA) is 96.7 Å². The third-order valence-corrected chi connectivity index (χ3v) is 4.28. The van der Waals surface area contributed by atoms with Crippen molar-refractivity contribution in [3.05, 3.63) is 10.1 Å². The van der Waals surface area contributed by atoms with Crippen molar-refractivity contribution >= 4 is 5.78 Å². The predicted octanol–water partition coefficient (Wildman–Crippen LogP) is 5.05. The van der Waals surface area contributed by atoms with E-state index < -0.39 is 6.04 Å². The fourth-order valence-electron chi connectivity index (χ4n) is 2.96. The van der Waals surface area contributed by atoms with Crippen molar-refractivity contribution in [2.75, 3.05) is 0 Å². The number of hydrogen-bond donors (Lipinski definition) is 1. The standard InChI is InChI=1S/C16H29NO3.H3N/c18-16-14-12-10-8-6-4-2-1-3-5-7-9-11-13-15(16)17(19)20;/h15H,1-14H2;1H3/p+1. The molecule has 0 radical (unpaired) electrons. The fourth-order valence-corrected chi connectivity index (χ4v) is 2.96. The first-order valence-electron chi connectivity index (χ1n) is 8.38. The van der Waals surface area contributed by atoms with Gasteiger partial charge in [0, 0.05) is 17.8 Å². The summed E-state index contributed by atoms with van der Waals surface area (Å²) in [4.78, 5) is 22.5. The van der Waals surface area contributed by atoms with Crippen LogP contribution in [-0.2, 0) is 4.79 Å². The number of carbonyl (C=O) groups is 1. The van der Waals surface area contributed by atoms with Crippen molar-refractivity contribution in [2.45, 2.75) is 95.9 Å². The van der Waals surface area contributed by atoms with Crippen LogP contribution in [0.15, 0.2) is 0 Å². The molecule has 5 heteroatoms. The van der Waals surface area contributed by atoms with Crippen molar-refractivity contribution in [3.63, 3.8) is 0 Å². The number of carbonyl (C=O) groups excluding carboxylic acids is 1. The predicted molar refractivity (Wildman–Crippen MR) is 86.4 cm³/mol. The lowest BCUT2D eigenvalue weighted by Gasteiger charge is -2.09. The van der Waals surface area contributed by atoms with E-state index in [1.807, 2.05) is 0 Å². The molecule has 1 fully saturated rings. The minimum Gasteiger partial charge on any atom is -0.369 e. The smallest absolute Gasteiger partial charge is 0.270 e. The van der Waals surface area contributed by atoms with Gasteiger partial charge >= 0.3 is 0 Å². The summed E-state index contributed by atoms with van der Waals surface area (Å²) >= 11 is 0. The average molecular weight is 301 g/mol. The Hall–Kier alpha value is -0.970. The lowest BCUT2D eigenvalue weighted by atomic mass is 9.98. The third kappa shape index (κ3) is 9.56. The molecule has 21 heavy (non-hydrogen) atoms. The Labute approximate surface area is 128 Å². The van der Waals surface area contributed by atoms with E-state index in [2.05, 4.69) is 0 Å². The van der Waals surface area contributed by atoms with Crippen molar-refractivity contribution in [3.8, 4) is 0 Å². The number of quaternary nitrogens is 1. The minimum absolute atomic E-state index is 0. The van der Waals surface area contributed by atoms with E-state index in [4.69, 9.17) is 0 Å². The van der Waals surface area contributed by atoms with Gasteiger partial charge in [-0.2, -0.15) is 0 Å². The molecule has 1 aliphatic rings. The first-order chi connectivity index (χ1) is 9.72. The van der Waals surface area contributed by atoms with Gasteiger partial charge in [0.1, 0.15) is 0 Å². The van der Waals surface area contributed by atoms with Crippen LogP contribution in [0, 0.1) is 10.1 Å². The molecule has 0 aromatic heterocycles. The normalized spacial score (nSPS) is 24.0. The summed E-state index contributed by atoms with van der Waals surface area (Å²) in [5.74, 6) is -0.151. The highest BCUT2D eigenvalue weighted by Crippen LogP contribution is 2.16. The number of rotatable bonds is 1. The Balaban J connectivity index is 0.00000400. The Kier molecular flexibility index (Phi) is 12.2. The van der Waals surface area contributed by atoms with Crippen molar-refractivity contribution in [1.29, 1.82) is 0 Å². The highest BCUT2D eigenvalue weighted by atomic mass is 16.6. The number of hydrogen-bond acceptors (Lipinski definition) is 3. The molecule has 1 aliphatic carbocycles. The zero-order valence-electron chi connectivity index (χ0n) is 13.6. The molecule has 0 spiro atoms. The maximum atomic E-state index is 11.9. The summed E-state index contributed by atoms with van der Waals surface area (Å²) in [7, 11) is 0. The molecule has 1 atom stereocenters. The highest BCUT2D eigenvalue weighted by molar-refractivity contribution is 5.82. The van der Waals surface area contributed by atoms with E-state index in [0.717, 1.165) is 38.5 Å².